The van der Waals surface area contributed by atoms with Crippen molar-refractivity contribution in [3.8, 4) is 5.75 Å². The second kappa shape index (κ2) is 8.31. The molecule has 0 bridgehead atoms. The molecule has 0 saturated carbocycles. The number of amides is 1. The first-order valence-electron chi connectivity index (χ1n) is 12.0. The molecule has 2 aromatic carbocycles. The van der Waals surface area contributed by atoms with E-state index in [2.05, 4.69) is 29.4 Å². The van der Waals surface area contributed by atoms with Crippen molar-refractivity contribution in [3.63, 3.8) is 0 Å². The molecular weight excluding hydrogens is 460 g/mol. The fourth-order valence-electron chi connectivity index (χ4n) is 5.55. The standard InChI is InChI=1S/C27H32N4O3S/c1-15-11-20(31-22(32)13-26(2,3)30-25(31)28)19-12-16(9-10-17(15)19)24(35)29-23-18-7-5-6-8-21(18)34-14-27(23,4)33/h5-10,12,15,20,23,33H,11,13-14H2,1-4H3,(H2,28,30)(H,29,35)/t15-,20-,23-,27+/m1/s1. The van der Waals surface area contributed by atoms with Crippen LogP contribution in [0.1, 0.15) is 80.8 Å². The topological polar surface area (TPSA) is 100 Å². The van der Waals surface area contributed by atoms with E-state index in [0.717, 1.165) is 28.9 Å². The number of fused-ring (bicyclic) bond motifs is 2. The zero-order valence-corrected chi connectivity index (χ0v) is 21.4. The number of carbonyl (C=O) groups excluding carboxylic acids is 1. The Hall–Kier alpha value is -2.97. The number of nitrogens with zero attached hydrogens (tertiary/aromatic N) is 2. The van der Waals surface area contributed by atoms with Crippen molar-refractivity contribution < 1.29 is 14.6 Å². The van der Waals surface area contributed by atoms with E-state index in [1.54, 1.807) is 11.8 Å². The summed E-state index contributed by atoms with van der Waals surface area (Å²) >= 11 is 5.81. The molecule has 8 heteroatoms. The molecule has 1 aliphatic carbocycles. The van der Waals surface area contributed by atoms with Gasteiger partial charge < -0.3 is 20.9 Å². The molecular formula is C27H32N4O3S. The normalized spacial score (nSPS) is 29.1. The van der Waals surface area contributed by atoms with Crippen LogP contribution in [0.4, 0.5) is 0 Å². The summed E-state index contributed by atoms with van der Waals surface area (Å²) in [7, 11) is 0. The maximum atomic E-state index is 13.1. The summed E-state index contributed by atoms with van der Waals surface area (Å²) in [4.78, 5) is 19.9. The largest absolute Gasteiger partial charge is 0.490 e. The number of rotatable bonds is 3. The van der Waals surface area contributed by atoms with Crippen LogP contribution in [0.15, 0.2) is 47.5 Å². The maximum Gasteiger partial charge on any atom is 0.232 e. The van der Waals surface area contributed by atoms with Gasteiger partial charge in [0.2, 0.25) is 5.91 Å². The van der Waals surface area contributed by atoms with Crippen LogP contribution >= 0.6 is 12.2 Å². The molecule has 0 aromatic heterocycles. The van der Waals surface area contributed by atoms with Crippen LogP contribution in [-0.4, -0.2) is 44.6 Å². The average molecular weight is 493 g/mol. The number of nitrogens with two attached hydrogens (primary N) is 1. The Kier molecular flexibility index (Phi) is 5.64. The van der Waals surface area contributed by atoms with E-state index in [1.807, 2.05) is 44.2 Å². The first-order chi connectivity index (χ1) is 16.5. The molecule has 1 amide bonds. The van der Waals surface area contributed by atoms with Crippen molar-refractivity contribution >= 4 is 29.1 Å². The fraction of sp³-hybridized carbons (Fsp3) is 0.444. The van der Waals surface area contributed by atoms with Crippen LogP contribution in [-0.2, 0) is 4.79 Å². The van der Waals surface area contributed by atoms with Crippen molar-refractivity contribution in [3.05, 3.63) is 64.7 Å². The third-order valence-electron chi connectivity index (χ3n) is 7.29. The van der Waals surface area contributed by atoms with Crippen molar-refractivity contribution in [1.29, 1.82) is 0 Å². The highest BCUT2D eigenvalue weighted by atomic mass is 32.1. The lowest BCUT2D eigenvalue weighted by Gasteiger charge is -2.39. The average Bonchev–Trinajstić information content (AvgIpc) is 3.09. The van der Waals surface area contributed by atoms with Crippen molar-refractivity contribution in [1.82, 2.24) is 10.2 Å². The highest BCUT2D eigenvalue weighted by Crippen LogP contribution is 2.45. The summed E-state index contributed by atoms with van der Waals surface area (Å²) in [6, 6.07) is 13.2. The fourth-order valence-corrected chi connectivity index (χ4v) is 5.79. The van der Waals surface area contributed by atoms with Gasteiger partial charge in [-0.15, -0.1) is 0 Å². The van der Waals surface area contributed by atoms with E-state index >= 15 is 0 Å². The van der Waals surface area contributed by atoms with Crippen LogP contribution in [0.3, 0.4) is 0 Å². The van der Waals surface area contributed by atoms with Gasteiger partial charge in [-0.25, -0.2) is 4.99 Å². The van der Waals surface area contributed by atoms with Gasteiger partial charge in [-0.2, -0.15) is 0 Å². The molecule has 0 fully saturated rings. The first-order valence-corrected chi connectivity index (χ1v) is 12.4. The summed E-state index contributed by atoms with van der Waals surface area (Å²) in [6.07, 6.45) is 1.11. The van der Waals surface area contributed by atoms with Gasteiger partial charge in [-0.05, 0) is 56.4 Å². The summed E-state index contributed by atoms with van der Waals surface area (Å²) < 4.78 is 5.75. The second-order valence-electron chi connectivity index (χ2n) is 10.8. The molecule has 0 saturated heterocycles. The predicted octanol–water partition coefficient (Wildman–Crippen LogP) is 3.71. The van der Waals surface area contributed by atoms with Gasteiger partial charge in [0.25, 0.3) is 0 Å². The number of aliphatic hydroxyl groups is 1. The van der Waals surface area contributed by atoms with Gasteiger partial charge in [0.1, 0.15) is 22.9 Å². The Morgan fingerprint density at radius 2 is 1.94 bits per heavy atom. The van der Waals surface area contributed by atoms with E-state index in [0.29, 0.717) is 11.4 Å². The molecule has 2 aliphatic heterocycles. The highest BCUT2D eigenvalue weighted by molar-refractivity contribution is 7.80. The maximum absolute atomic E-state index is 13.1. The van der Waals surface area contributed by atoms with Crippen molar-refractivity contribution in [2.45, 2.75) is 69.7 Å². The summed E-state index contributed by atoms with van der Waals surface area (Å²) in [5.74, 6) is 1.29. The first kappa shape index (κ1) is 23.8. The molecule has 4 atom stereocenters. The zero-order valence-electron chi connectivity index (χ0n) is 20.5. The quantitative estimate of drug-likeness (QED) is 0.565. The lowest BCUT2D eigenvalue weighted by atomic mass is 9.87. The number of ether oxygens (including phenoxy) is 1. The minimum Gasteiger partial charge on any atom is -0.490 e. The Morgan fingerprint density at radius 1 is 1.20 bits per heavy atom. The van der Waals surface area contributed by atoms with Crippen LogP contribution in [0.25, 0.3) is 0 Å². The highest BCUT2D eigenvalue weighted by Gasteiger charge is 2.42. The number of hydrogen-bond donors (Lipinski definition) is 3. The van der Waals surface area contributed by atoms with Gasteiger partial charge in [-0.3, -0.25) is 9.69 Å². The van der Waals surface area contributed by atoms with E-state index in [1.165, 1.54) is 5.56 Å². The molecule has 4 N–H and O–H groups in total. The van der Waals surface area contributed by atoms with Crippen LogP contribution in [0.5, 0.6) is 5.75 Å². The van der Waals surface area contributed by atoms with Gasteiger partial charge in [0.05, 0.1) is 24.0 Å². The Morgan fingerprint density at radius 3 is 2.69 bits per heavy atom. The van der Waals surface area contributed by atoms with Crippen LogP contribution < -0.4 is 15.8 Å². The second-order valence-corrected chi connectivity index (χ2v) is 11.2. The number of thiocarbonyl (C=S) groups is 1. The number of benzene rings is 2. The Balaban J connectivity index is 1.46. The Bertz CT molecular complexity index is 1240. The third kappa shape index (κ3) is 4.19. The minimum atomic E-state index is -1.13. The number of aliphatic imine (C=N–C) groups is 1. The molecule has 2 heterocycles. The summed E-state index contributed by atoms with van der Waals surface area (Å²) in [6.45, 7) is 7.92. The van der Waals surface area contributed by atoms with E-state index in [-0.39, 0.29) is 30.4 Å². The molecule has 5 rings (SSSR count). The number of hydrogen-bond acceptors (Lipinski definition) is 6. The van der Waals surface area contributed by atoms with Gasteiger partial charge in [0.15, 0.2) is 5.96 Å². The molecule has 2 aromatic rings. The third-order valence-corrected chi connectivity index (χ3v) is 7.64. The lowest BCUT2D eigenvalue weighted by Crippen LogP contribution is -2.51. The molecule has 0 radical (unpaired) electrons. The molecule has 0 unspecified atom stereocenters. The summed E-state index contributed by atoms with van der Waals surface area (Å²) in [5.41, 5.74) is 8.61. The minimum absolute atomic E-state index is 0.00601. The van der Waals surface area contributed by atoms with Gasteiger partial charge in [-0.1, -0.05) is 49.5 Å². The van der Waals surface area contributed by atoms with E-state index in [9.17, 15) is 9.90 Å². The number of carbonyl (C=O) groups is 1. The molecule has 0 spiro atoms. The van der Waals surface area contributed by atoms with E-state index < -0.39 is 17.2 Å². The van der Waals surface area contributed by atoms with Gasteiger partial charge >= 0.3 is 0 Å². The number of nitrogens with one attached hydrogen (secondary N) is 1. The predicted molar refractivity (Wildman–Crippen MR) is 140 cm³/mol. The van der Waals surface area contributed by atoms with Gasteiger partial charge in [0, 0.05) is 11.1 Å². The van der Waals surface area contributed by atoms with E-state index in [4.69, 9.17) is 22.7 Å². The SMILES string of the molecule is C[C@@H]1C[C@@H](N2C(=O)CC(C)(C)N=C2N)c2cc(C(=S)N[C@@H]3c4ccccc4OC[C@]3(C)O)ccc21. The molecule has 3 aliphatic rings. The van der Waals surface area contributed by atoms with Crippen LogP contribution in [0, 0.1) is 0 Å². The zero-order chi connectivity index (χ0) is 25.1. The number of guanidine groups is 1. The molecule has 184 valence electrons. The monoisotopic (exact) mass is 492 g/mol. The smallest absolute Gasteiger partial charge is 0.232 e. The van der Waals surface area contributed by atoms with Crippen LogP contribution in [0.2, 0.25) is 0 Å². The number of para-hydroxylation sites is 1. The molecule has 7 nitrogen and oxygen atoms in total. The van der Waals surface area contributed by atoms with Crippen molar-refractivity contribution in [2.24, 2.45) is 10.7 Å². The summed E-state index contributed by atoms with van der Waals surface area (Å²) in [5, 5.41) is 14.4. The van der Waals surface area contributed by atoms with Crippen molar-refractivity contribution in [2.75, 3.05) is 6.61 Å². The Labute approximate surface area is 211 Å². The molecule has 35 heavy (non-hydrogen) atoms. The lowest BCUT2D eigenvalue weighted by molar-refractivity contribution is -0.131.